The molecule has 1 spiro atoms. The largest absolute Gasteiger partial charge is 0.455 e. The summed E-state index contributed by atoms with van der Waals surface area (Å²) in [6, 6.07) is 94.1. The van der Waals surface area contributed by atoms with E-state index in [0.717, 1.165) is 61.6 Å². The van der Waals surface area contributed by atoms with Crippen LogP contribution in [0.3, 0.4) is 0 Å². The highest BCUT2D eigenvalue weighted by molar-refractivity contribution is 7.26. The van der Waals surface area contributed by atoms with Gasteiger partial charge in [0, 0.05) is 49.2 Å². The first-order valence-electron chi connectivity index (χ1n) is 25.1. The van der Waals surface area contributed by atoms with E-state index in [1.165, 1.54) is 80.7 Å². The number of furan rings is 1. The Labute approximate surface area is 425 Å². The van der Waals surface area contributed by atoms with Crippen molar-refractivity contribution in [2.45, 2.75) is 5.41 Å². The van der Waals surface area contributed by atoms with Crippen molar-refractivity contribution in [3.8, 4) is 22.3 Å². The van der Waals surface area contributed by atoms with Gasteiger partial charge in [0.15, 0.2) is 0 Å². The van der Waals surface area contributed by atoms with Crippen molar-refractivity contribution in [3.63, 3.8) is 0 Å². The molecule has 0 N–H and O–H groups in total. The van der Waals surface area contributed by atoms with E-state index in [4.69, 9.17) is 4.42 Å². The van der Waals surface area contributed by atoms with Gasteiger partial charge in [-0.3, -0.25) is 0 Å². The lowest BCUT2D eigenvalue weighted by Gasteiger charge is -2.33. The fourth-order valence-corrected chi connectivity index (χ4v) is 14.0. The summed E-state index contributed by atoms with van der Waals surface area (Å²) in [4.78, 5) is 4.98. The molecule has 0 unspecified atom stereocenters. The summed E-state index contributed by atoms with van der Waals surface area (Å²) < 4.78 is 10.0. The molecule has 0 aliphatic heterocycles. The maximum absolute atomic E-state index is 7.52. The molecule has 0 saturated carbocycles. The fraction of sp³-hybridized carbons (Fsp3) is 0.0145. The molecular formula is C69H42N2OS. The summed E-state index contributed by atoms with van der Waals surface area (Å²) in [5.41, 5.74) is 17.5. The van der Waals surface area contributed by atoms with Gasteiger partial charge in [-0.2, -0.15) is 0 Å². The monoisotopic (exact) mass is 946 g/mol. The second-order valence-corrected chi connectivity index (χ2v) is 20.5. The quantitative estimate of drug-likeness (QED) is 0.166. The summed E-state index contributed by atoms with van der Waals surface area (Å²) in [6.45, 7) is 0. The van der Waals surface area contributed by atoms with Gasteiger partial charge in [0.25, 0.3) is 0 Å². The Morgan fingerprint density at radius 3 is 1.48 bits per heavy atom. The van der Waals surface area contributed by atoms with E-state index >= 15 is 0 Å². The maximum atomic E-state index is 7.52. The molecule has 0 bridgehead atoms. The molecule has 0 radical (unpaired) electrons. The summed E-state index contributed by atoms with van der Waals surface area (Å²) in [5.74, 6) is 0. The van der Waals surface area contributed by atoms with Gasteiger partial charge >= 0.3 is 0 Å². The average Bonchev–Trinajstić information content (AvgIpc) is 4.31. The summed E-state index contributed by atoms with van der Waals surface area (Å²) in [5, 5.41) is 9.47. The molecule has 0 atom stereocenters. The number of fused-ring (bicyclic) bond motifs is 20. The molecule has 0 amide bonds. The van der Waals surface area contributed by atoms with Crippen LogP contribution >= 0.6 is 11.3 Å². The van der Waals surface area contributed by atoms with E-state index in [9.17, 15) is 0 Å². The molecule has 73 heavy (non-hydrogen) atoms. The third kappa shape index (κ3) is 5.64. The van der Waals surface area contributed by atoms with Crippen molar-refractivity contribution in [2.75, 3.05) is 9.80 Å². The first-order chi connectivity index (χ1) is 36.2. The lowest BCUT2D eigenvalue weighted by molar-refractivity contribution is 0.669. The Morgan fingerprint density at radius 2 is 0.836 bits per heavy atom. The molecular weight excluding hydrogens is 905 g/mol. The van der Waals surface area contributed by atoms with Crippen LogP contribution in [-0.2, 0) is 5.41 Å². The molecule has 3 nitrogen and oxygen atoms in total. The van der Waals surface area contributed by atoms with Crippen LogP contribution in [-0.4, -0.2) is 0 Å². The van der Waals surface area contributed by atoms with E-state index in [-0.39, 0.29) is 0 Å². The highest BCUT2D eigenvalue weighted by Crippen LogP contribution is 2.68. The highest BCUT2D eigenvalue weighted by Gasteiger charge is 2.54. The number of nitrogens with zero attached hydrogens (tertiary/aromatic N) is 2. The van der Waals surface area contributed by atoms with Crippen LogP contribution in [0.2, 0.25) is 0 Å². The van der Waals surface area contributed by atoms with Crippen molar-refractivity contribution in [1.82, 2.24) is 0 Å². The van der Waals surface area contributed by atoms with Gasteiger partial charge in [-0.05, 0) is 133 Å². The van der Waals surface area contributed by atoms with Gasteiger partial charge in [0.05, 0.1) is 26.9 Å². The molecule has 12 aromatic carbocycles. The maximum Gasteiger partial charge on any atom is 0.145 e. The van der Waals surface area contributed by atoms with Crippen LogP contribution in [0.5, 0.6) is 0 Å². The number of hydrogen-bond donors (Lipinski definition) is 0. The zero-order valence-electron chi connectivity index (χ0n) is 39.5. The van der Waals surface area contributed by atoms with Gasteiger partial charge in [-0.1, -0.05) is 182 Å². The Morgan fingerprint density at radius 1 is 0.342 bits per heavy atom. The van der Waals surface area contributed by atoms with Gasteiger partial charge in [-0.25, -0.2) is 0 Å². The second-order valence-electron chi connectivity index (χ2n) is 19.5. The first kappa shape index (κ1) is 40.5. The SMILES string of the molecule is c1ccc(N(c2ccc3ccccc3c2)c2cc3c(c4c2sc2ccccc24)-c2c(cc(N(c4ccccc4)c4ccc5ccccc5c4)c4c2oc2ccccc24)C32c3ccccc3-c3ccccc32)cc1. The lowest BCUT2D eigenvalue weighted by Crippen LogP contribution is -2.26. The summed E-state index contributed by atoms with van der Waals surface area (Å²) >= 11 is 1.89. The Hall–Kier alpha value is -9.22. The number of thiophene rings is 1. The third-order valence-corrected chi connectivity index (χ3v) is 17.0. The highest BCUT2D eigenvalue weighted by atomic mass is 32.1. The summed E-state index contributed by atoms with van der Waals surface area (Å²) in [6.07, 6.45) is 0. The molecule has 2 aliphatic carbocycles. The predicted octanol–water partition coefficient (Wildman–Crippen LogP) is 19.5. The zero-order chi connectivity index (χ0) is 47.8. The molecule has 14 aromatic rings. The third-order valence-electron chi connectivity index (χ3n) is 15.8. The van der Waals surface area contributed by atoms with Crippen LogP contribution in [0.1, 0.15) is 22.3 Å². The molecule has 0 fully saturated rings. The number of hydrogen-bond acceptors (Lipinski definition) is 4. The Kier molecular flexibility index (Phi) is 8.54. The van der Waals surface area contributed by atoms with Crippen LogP contribution in [0.25, 0.3) is 85.9 Å². The van der Waals surface area contributed by atoms with Gasteiger partial charge in [0.2, 0.25) is 0 Å². The number of para-hydroxylation sites is 3. The number of benzene rings is 12. The Bertz CT molecular complexity index is 4540. The molecule has 16 rings (SSSR count). The molecule has 2 aliphatic rings. The van der Waals surface area contributed by atoms with E-state index in [0.29, 0.717) is 0 Å². The minimum absolute atomic E-state index is 0.747. The van der Waals surface area contributed by atoms with Crippen molar-refractivity contribution < 1.29 is 4.42 Å². The van der Waals surface area contributed by atoms with Crippen molar-refractivity contribution in [2.24, 2.45) is 0 Å². The molecule has 2 aromatic heterocycles. The van der Waals surface area contributed by atoms with Crippen molar-refractivity contribution >= 4 is 109 Å². The predicted molar refractivity (Wildman–Crippen MR) is 307 cm³/mol. The van der Waals surface area contributed by atoms with Crippen LogP contribution in [0.4, 0.5) is 34.1 Å². The van der Waals surface area contributed by atoms with Crippen LogP contribution in [0.15, 0.2) is 259 Å². The fourth-order valence-electron chi connectivity index (χ4n) is 12.8. The van der Waals surface area contributed by atoms with E-state index < -0.39 is 5.41 Å². The molecule has 4 heteroatoms. The standard InChI is InChI=1S/C69H42N2OS/c1-3-23-47(24-4-1)70(49-37-35-43-19-7-9-21-45(43)39-49)59-41-58-66(67-63(59)53-29-13-17-33-61(53)72-67)65-57(69(58)55-31-15-11-27-51(55)52-28-12-16-32-56(52)69)42-60(68-64(65)54-30-14-18-34-62(54)73-68)71(48-25-5-2-6-26-48)50-38-36-44-20-8-10-22-46(44)40-50/h1-42H. The van der Waals surface area contributed by atoms with Crippen molar-refractivity contribution in [1.29, 1.82) is 0 Å². The lowest BCUT2D eigenvalue weighted by atomic mass is 9.70. The average molecular weight is 947 g/mol. The van der Waals surface area contributed by atoms with Gasteiger partial charge in [-0.15, -0.1) is 11.3 Å². The van der Waals surface area contributed by atoms with E-state index in [1.807, 2.05) is 11.3 Å². The Balaban J connectivity index is 1.11. The molecule has 0 saturated heterocycles. The minimum atomic E-state index is -0.747. The number of anilines is 6. The smallest absolute Gasteiger partial charge is 0.145 e. The van der Waals surface area contributed by atoms with E-state index in [1.54, 1.807) is 0 Å². The van der Waals surface area contributed by atoms with Gasteiger partial charge < -0.3 is 14.2 Å². The summed E-state index contributed by atoms with van der Waals surface area (Å²) in [7, 11) is 0. The molecule has 2 heterocycles. The normalized spacial score (nSPS) is 13.0. The van der Waals surface area contributed by atoms with Crippen LogP contribution in [0, 0.1) is 0 Å². The topological polar surface area (TPSA) is 19.6 Å². The van der Waals surface area contributed by atoms with Crippen LogP contribution < -0.4 is 9.80 Å². The zero-order valence-corrected chi connectivity index (χ0v) is 40.3. The van der Waals surface area contributed by atoms with Crippen molar-refractivity contribution in [3.05, 3.63) is 277 Å². The second kappa shape index (κ2) is 15.4. The number of rotatable bonds is 6. The first-order valence-corrected chi connectivity index (χ1v) is 25.9. The van der Waals surface area contributed by atoms with Gasteiger partial charge in [0.1, 0.15) is 11.2 Å². The molecule has 340 valence electrons. The van der Waals surface area contributed by atoms with E-state index in [2.05, 4.69) is 265 Å². The minimum Gasteiger partial charge on any atom is -0.455 e.